The van der Waals surface area contributed by atoms with Crippen molar-refractivity contribution in [2.24, 2.45) is 5.92 Å². The average molecular weight is 321 g/mol. The first-order chi connectivity index (χ1) is 10.7. The van der Waals surface area contributed by atoms with Gasteiger partial charge in [-0.3, -0.25) is 9.59 Å². The van der Waals surface area contributed by atoms with Gasteiger partial charge in [-0.15, -0.1) is 11.3 Å². The molecule has 1 aromatic rings. The van der Waals surface area contributed by atoms with Gasteiger partial charge in [-0.2, -0.15) is 0 Å². The van der Waals surface area contributed by atoms with Gasteiger partial charge in [0.15, 0.2) is 5.01 Å². The van der Waals surface area contributed by atoms with Crippen LogP contribution in [0.5, 0.6) is 0 Å². The molecule has 2 aliphatic carbocycles. The molecule has 120 valence electrons. The maximum atomic E-state index is 12.1. The summed E-state index contributed by atoms with van der Waals surface area (Å²) in [7, 11) is 0. The smallest absolute Gasteiger partial charge is 0.280 e. The third-order valence-corrected chi connectivity index (χ3v) is 5.34. The fourth-order valence-corrected chi connectivity index (χ4v) is 3.86. The summed E-state index contributed by atoms with van der Waals surface area (Å²) < 4.78 is 0. The minimum Gasteiger partial charge on any atom is -0.353 e. The molecule has 0 saturated heterocycles. The molecule has 1 saturated carbocycles. The predicted octanol–water partition coefficient (Wildman–Crippen LogP) is 2.06. The Morgan fingerprint density at radius 3 is 2.86 bits per heavy atom. The van der Waals surface area contributed by atoms with Crippen molar-refractivity contribution in [3.63, 3.8) is 0 Å². The Labute approximate surface area is 134 Å². The molecule has 1 fully saturated rings. The van der Waals surface area contributed by atoms with Crippen molar-refractivity contribution < 1.29 is 9.59 Å². The first-order valence-corrected chi connectivity index (χ1v) is 9.03. The molecule has 22 heavy (non-hydrogen) atoms. The summed E-state index contributed by atoms with van der Waals surface area (Å²) in [5.41, 5.74) is 1.04. The van der Waals surface area contributed by atoms with E-state index in [0.717, 1.165) is 42.8 Å². The van der Waals surface area contributed by atoms with E-state index in [4.69, 9.17) is 0 Å². The van der Waals surface area contributed by atoms with Gasteiger partial charge < -0.3 is 10.6 Å². The number of aryl methyl sites for hydroxylation is 1. The summed E-state index contributed by atoms with van der Waals surface area (Å²) in [5, 5.41) is 6.63. The Bertz CT molecular complexity index is 566. The lowest BCUT2D eigenvalue weighted by Gasteiger charge is -2.22. The molecule has 0 aromatic carbocycles. The first-order valence-electron chi connectivity index (χ1n) is 8.21. The van der Waals surface area contributed by atoms with Crippen LogP contribution in [0.2, 0.25) is 0 Å². The van der Waals surface area contributed by atoms with Crippen molar-refractivity contribution in [2.45, 2.75) is 57.9 Å². The van der Waals surface area contributed by atoms with Gasteiger partial charge in [-0.05, 0) is 38.0 Å². The quantitative estimate of drug-likeness (QED) is 0.842. The van der Waals surface area contributed by atoms with Crippen LogP contribution in [0.25, 0.3) is 0 Å². The van der Waals surface area contributed by atoms with Gasteiger partial charge in [-0.1, -0.05) is 6.92 Å². The van der Waals surface area contributed by atoms with Crippen LogP contribution in [-0.2, 0) is 17.6 Å². The van der Waals surface area contributed by atoms with E-state index in [2.05, 4.69) is 15.6 Å². The van der Waals surface area contributed by atoms with Crippen LogP contribution in [0.4, 0.5) is 0 Å². The second-order valence-corrected chi connectivity index (χ2v) is 7.38. The Morgan fingerprint density at radius 1 is 1.32 bits per heavy atom. The highest BCUT2D eigenvalue weighted by Crippen LogP contribution is 2.29. The molecule has 0 radical (unpaired) electrons. The molecular weight excluding hydrogens is 298 g/mol. The van der Waals surface area contributed by atoms with Crippen LogP contribution in [0.15, 0.2) is 0 Å². The lowest BCUT2D eigenvalue weighted by atomic mass is 9.97. The summed E-state index contributed by atoms with van der Waals surface area (Å²) in [6.45, 7) is 2.78. The molecule has 2 N–H and O–H groups in total. The minimum atomic E-state index is -0.0436. The average Bonchev–Trinajstić information content (AvgIpc) is 3.22. The lowest BCUT2D eigenvalue weighted by molar-refractivity contribution is -0.121. The third-order valence-electron chi connectivity index (χ3n) is 4.22. The third kappa shape index (κ3) is 3.85. The van der Waals surface area contributed by atoms with E-state index in [1.807, 2.05) is 6.92 Å². The number of nitrogens with one attached hydrogen (secondary N) is 2. The van der Waals surface area contributed by atoms with E-state index < -0.39 is 0 Å². The van der Waals surface area contributed by atoms with E-state index >= 15 is 0 Å². The van der Waals surface area contributed by atoms with Crippen LogP contribution in [0.1, 0.15) is 59.4 Å². The normalized spacial score (nSPS) is 20.3. The highest BCUT2D eigenvalue weighted by molar-refractivity contribution is 7.13. The molecule has 1 heterocycles. The number of thiazole rings is 1. The number of carbonyl (C=O) groups is 2. The number of nitrogens with zero attached hydrogens (tertiary/aromatic N) is 1. The molecule has 3 rings (SSSR count). The van der Waals surface area contributed by atoms with Gasteiger partial charge in [0.25, 0.3) is 5.91 Å². The SMILES string of the molecule is CCCC(=O)N[C@H]1CCc2nc(C(=O)NCC3CC3)sc2C1. The molecule has 2 amide bonds. The molecule has 1 atom stereocenters. The van der Waals surface area contributed by atoms with Gasteiger partial charge in [0.2, 0.25) is 5.91 Å². The van der Waals surface area contributed by atoms with Crippen LogP contribution < -0.4 is 10.6 Å². The molecule has 1 aromatic heterocycles. The van der Waals surface area contributed by atoms with Crippen LogP contribution in [-0.4, -0.2) is 29.4 Å². The van der Waals surface area contributed by atoms with E-state index in [1.165, 1.54) is 24.2 Å². The van der Waals surface area contributed by atoms with Crippen molar-refractivity contribution in [2.75, 3.05) is 6.54 Å². The second-order valence-electron chi connectivity index (χ2n) is 6.30. The topological polar surface area (TPSA) is 71.1 Å². The fraction of sp³-hybridized carbons (Fsp3) is 0.688. The van der Waals surface area contributed by atoms with Crippen molar-refractivity contribution >= 4 is 23.2 Å². The summed E-state index contributed by atoms with van der Waals surface area (Å²) in [5.74, 6) is 0.762. The van der Waals surface area contributed by atoms with E-state index in [0.29, 0.717) is 17.3 Å². The zero-order chi connectivity index (χ0) is 15.5. The molecule has 0 spiro atoms. The summed E-state index contributed by atoms with van der Waals surface area (Å²) in [6, 6.07) is 0.189. The number of hydrogen-bond donors (Lipinski definition) is 2. The van der Waals surface area contributed by atoms with Gasteiger partial charge in [0.1, 0.15) is 0 Å². The van der Waals surface area contributed by atoms with E-state index in [1.54, 1.807) is 0 Å². The Kier molecular flexibility index (Phi) is 4.76. The maximum Gasteiger partial charge on any atom is 0.280 e. The van der Waals surface area contributed by atoms with Gasteiger partial charge in [0, 0.05) is 30.3 Å². The van der Waals surface area contributed by atoms with E-state index in [9.17, 15) is 9.59 Å². The maximum absolute atomic E-state index is 12.1. The van der Waals surface area contributed by atoms with Gasteiger partial charge in [-0.25, -0.2) is 4.98 Å². The zero-order valence-electron chi connectivity index (χ0n) is 13.0. The molecule has 0 bridgehead atoms. The summed E-state index contributed by atoms with van der Waals surface area (Å²) >= 11 is 1.49. The Balaban J connectivity index is 1.57. The summed E-state index contributed by atoms with van der Waals surface area (Å²) in [6.07, 6.45) is 6.48. The minimum absolute atomic E-state index is 0.0436. The number of aromatic nitrogens is 1. The summed E-state index contributed by atoms with van der Waals surface area (Å²) in [4.78, 5) is 29.5. The standard InChI is InChI=1S/C16H23N3O2S/c1-2-3-14(20)18-11-6-7-12-13(8-11)22-16(19-12)15(21)17-9-10-4-5-10/h10-11H,2-9H2,1H3,(H,17,21)(H,18,20)/t11-/m0/s1. The van der Waals surface area contributed by atoms with Crippen LogP contribution >= 0.6 is 11.3 Å². The van der Waals surface area contributed by atoms with Gasteiger partial charge >= 0.3 is 0 Å². The number of amides is 2. The number of fused-ring (bicyclic) bond motifs is 1. The second kappa shape index (κ2) is 6.77. The monoisotopic (exact) mass is 321 g/mol. The largest absolute Gasteiger partial charge is 0.353 e. The molecular formula is C16H23N3O2S. The molecule has 2 aliphatic rings. The van der Waals surface area contributed by atoms with Crippen LogP contribution in [0, 0.1) is 5.92 Å². The highest BCUT2D eigenvalue weighted by atomic mass is 32.1. The lowest BCUT2D eigenvalue weighted by Crippen LogP contribution is -2.38. The van der Waals surface area contributed by atoms with Crippen LogP contribution in [0.3, 0.4) is 0 Å². The van der Waals surface area contributed by atoms with E-state index in [-0.39, 0.29) is 17.9 Å². The van der Waals surface area contributed by atoms with Crippen molar-refractivity contribution in [1.29, 1.82) is 0 Å². The number of rotatable bonds is 6. The highest BCUT2D eigenvalue weighted by Gasteiger charge is 2.26. The number of hydrogen-bond acceptors (Lipinski definition) is 4. The van der Waals surface area contributed by atoms with Crippen molar-refractivity contribution in [3.8, 4) is 0 Å². The molecule has 0 aliphatic heterocycles. The Hall–Kier alpha value is -1.43. The molecule has 5 nitrogen and oxygen atoms in total. The number of carbonyl (C=O) groups excluding carboxylic acids is 2. The zero-order valence-corrected chi connectivity index (χ0v) is 13.8. The molecule has 6 heteroatoms. The van der Waals surface area contributed by atoms with Gasteiger partial charge in [0.05, 0.1) is 5.69 Å². The first kappa shape index (κ1) is 15.5. The van der Waals surface area contributed by atoms with Crippen molar-refractivity contribution in [3.05, 3.63) is 15.6 Å². The van der Waals surface area contributed by atoms with Crippen molar-refractivity contribution in [1.82, 2.24) is 15.6 Å². The predicted molar refractivity (Wildman–Crippen MR) is 86.0 cm³/mol. The molecule has 0 unspecified atom stereocenters. The fourth-order valence-electron chi connectivity index (χ4n) is 2.76. The Morgan fingerprint density at radius 2 is 2.14 bits per heavy atom.